The molecule has 0 spiro atoms. The van der Waals surface area contributed by atoms with E-state index < -0.39 is 5.97 Å². The second-order valence-corrected chi connectivity index (χ2v) is 7.57. The third-order valence-electron chi connectivity index (χ3n) is 5.49. The highest BCUT2D eigenvalue weighted by atomic mass is 16.4. The molecule has 4 aromatic carbocycles. The molecule has 160 valence electrons. The molecule has 5 heteroatoms. The molecule has 0 amide bonds. The summed E-state index contributed by atoms with van der Waals surface area (Å²) in [5.41, 5.74) is 5.03. The van der Waals surface area contributed by atoms with Gasteiger partial charge in [-0.2, -0.15) is 0 Å². The number of rotatable bonds is 5. The van der Waals surface area contributed by atoms with Crippen LogP contribution < -0.4 is 0 Å². The Labute approximate surface area is 190 Å². The van der Waals surface area contributed by atoms with Crippen molar-refractivity contribution in [3.63, 3.8) is 0 Å². The van der Waals surface area contributed by atoms with E-state index in [1.165, 1.54) is 0 Å². The number of carboxylic acids is 1. The Morgan fingerprint density at radius 3 is 1.88 bits per heavy atom. The number of carboxylic acid groups (broad SMARTS) is 1. The predicted molar refractivity (Wildman–Crippen MR) is 128 cm³/mol. The molecule has 0 fully saturated rings. The van der Waals surface area contributed by atoms with Gasteiger partial charge in [0.15, 0.2) is 0 Å². The lowest BCUT2D eigenvalue weighted by atomic mass is 10.0. The van der Waals surface area contributed by atoms with Gasteiger partial charge in [0.2, 0.25) is 0 Å². The number of nitrogens with zero attached hydrogens (tertiary/aromatic N) is 2. The smallest absolute Gasteiger partial charge is 0.335 e. The molecule has 1 heterocycles. The molecule has 5 nitrogen and oxygen atoms in total. The number of benzene rings is 4. The molecule has 0 bridgehead atoms. The molecule has 0 saturated heterocycles. The van der Waals surface area contributed by atoms with Gasteiger partial charge in [0, 0.05) is 16.8 Å². The van der Waals surface area contributed by atoms with E-state index in [9.17, 15) is 15.0 Å². The summed E-state index contributed by atoms with van der Waals surface area (Å²) in [5.74, 6) is -0.305. The average molecular weight is 432 g/mol. The minimum atomic E-state index is -0.985. The van der Waals surface area contributed by atoms with Crippen LogP contribution in [-0.4, -0.2) is 25.7 Å². The van der Waals surface area contributed by atoms with Gasteiger partial charge in [-0.1, -0.05) is 72.8 Å². The molecule has 0 unspecified atom stereocenters. The monoisotopic (exact) mass is 432 g/mol. The molecule has 0 atom stereocenters. The van der Waals surface area contributed by atoms with E-state index in [1.807, 2.05) is 77.4 Å². The van der Waals surface area contributed by atoms with E-state index in [0.717, 1.165) is 28.2 Å². The van der Waals surface area contributed by atoms with Crippen molar-refractivity contribution in [2.24, 2.45) is 0 Å². The lowest BCUT2D eigenvalue weighted by Gasteiger charge is -2.14. The first-order chi connectivity index (χ1) is 16.1. The third kappa shape index (κ3) is 3.77. The fourth-order valence-corrected chi connectivity index (χ4v) is 3.93. The van der Waals surface area contributed by atoms with Crippen molar-refractivity contribution >= 4 is 5.97 Å². The highest BCUT2D eigenvalue weighted by Crippen LogP contribution is 2.40. The number of hydrogen-bond donors (Lipinski definition) is 2. The van der Waals surface area contributed by atoms with E-state index in [2.05, 4.69) is 0 Å². The van der Waals surface area contributed by atoms with Crippen LogP contribution in [0, 0.1) is 0 Å². The molecule has 0 aliphatic carbocycles. The quantitative estimate of drug-likeness (QED) is 0.343. The number of aromatic nitrogens is 2. The van der Waals surface area contributed by atoms with Gasteiger partial charge >= 0.3 is 5.97 Å². The summed E-state index contributed by atoms with van der Waals surface area (Å²) >= 11 is 0. The van der Waals surface area contributed by atoms with Crippen molar-refractivity contribution in [1.82, 2.24) is 9.55 Å². The van der Waals surface area contributed by atoms with Gasteiger partial charge in [-0.05, 0) is 36.4 Å². The van der Waals surface area contributed by atoms with Crippen LogP contribution in [0.25, 0.3) is 39.6 Å². The molecule has 5 rings (SSSR count). The summed E-state index contributed by atoms with van der Waals surface area (Å²) < 4.78 is 1.97. The zero-order chi connectivity index (χ0) is 22.8. The van der Waals surface area contributed by atoms with Crippen LogP contribution in [0.4, 0.5) is 0 Å². The number of aromatic carboxylic acids is 1. The number of hydrogen-bond acceptors (Lipinski definition) is 3. The highest BCUT2D eigenvalue weighted by molar-refractivity contribution is 5.88. The lowest BCUT2D eigenvalue weighted by Crippen LogP contribution is -2.02. The summed E-state index contributed by atoms with van der Waals surface area (Å²) in [6, 6.07) is 33.5. The number of aromatic hydroxyl groups is 1. The van der Waals surface area contributed by atoms with Crippen molar-refractivity contribution < 1.29 is 15.0 Å². The number of carbonyl (C=O) groups is 1. The summed E-state index contributed by atoms with van der Waals surface area (Å²) in [6.45, 7) is 0. The maximum absolute atomic E-state index is 11.4. The number of phenolic OH excluding ortho intramolecular Hbond substituents is 1. The van der Waals surface area contributed by atoms with Crippen LogP contribution in [-0.2, 0) is 0 Å². The molecular formula is C28H20N2O3. The first-order valence-corrected chi connectivity index (χ1v) is 10.5. The lowest BCUT2D eigenvalue weighted by molar-refractivity contribution is 0.0697. The zero-order valence-electron chi connectivity index (χ0n) is 17.6. The van der Waals surface area contributed by atoms with E-state index >= 15 is 0 Å². The summed E-state index contributed by atoms with van der Waals surface area (Å²) in [6.07, 6.45) is 0. The Kier molecular flexibility index (Phi) is 5.21. The van der Waals surface area contributed by atoms with Crippen LogP contribution in [0.1, 0.15) is 10.4 Å². The van der Waals surface area contributed by atoms with Gasteiger partial charge in [0.25, 0.3) is 0 Å². The molecule has 0 aliphatic rings. The SMILES string of the molecule is O=C(O)c1ccc(-n2c(-c3ccccc3O)nc(-c3ccccc3)c2-c2ccccc2)cc1. The second kappa shape index (κ2) is 8.48. The summed E-state index contributed by atoms with van der Waals surface area (Å²) in [4.78, 5) is 16.4. The average Bonchev–Trinajstić information content (AvgIpc) is 3.26. The van der Waals surface area contributed by atoms with Crippen LogP contribution in [0.5, 0.6) is 5.75 Å². The standard InChI is InChI=1S/C28H20N2O3/c31-24-14-8-7-13-23(24)27-29-25(19-9-3-1-4-10-19)26(20-11-5-2-6-12-20)30(27)22-17-15-21(16-18-22)28(32)33/h1-18,31H,(H,32,33). The fourth-order valence-electron chi connectivity index (χ4n) is 3.93. The maximum Gasteiger partial charge on any atom is 0.335 e. The Morgan fingerprint density at radius 2 is 1.27 bits per heavy atom. The Bertz CT molecular complexity index is 1420. The van der Waals surface area contributed by atoms with Crippen molar-refractivity contribution in [1.29, 1.82) is 0 Å². The van der Waals surface area contributed by atoms with Crippen molar-refractivity contribution in [3.05, 3.63) is 115 Å². The van der Waals surface area contributed by atoms with Gasteiger partial charge in [0.1, 0.15) is 11.6 Å². The molecule has 5 aromatic rings. The van der Waals surface area contributed by atoms with Gasteiger partial charge in [-0.25, -0.2) is 9.78 Å². The van der Waals surface area contributed by atoms with Gasteiger partial charge in [-0.3, -0.25) is 4.57 Å². The highest BCUT2D eigenvalue weighted by Gasteiger charge is 2.23. The van der Waals surface area contributed by atoms with E-state index in [0.29, 0.717) is 11.4 Å². The predicted octanol–water partition coefficient (Wildman–Crippen LogP) is 6.28. The zero-order valence-corrected chi connectivity index (χ0v) is 17.6. The second-order valence-electron chi connectivity index (χ2n) is 7.57. The van der Waals surface area contributed by atoms with Crippen LogP contribution in [0.15, 0.2) is 109 Å². The Balaban J connectivity index is 1.87. The fraction of sp³-hybridized carbons (Fsp3) is 0. The first kappa shape index (κ1) is 20.3. The maximum atomic E-state index is 11.4. The topological polar surface area (TPSA) is 75.3 Å². The Morgan fingerprint density at radius 1 is 0.697 bits per heavy atom. The minimum Gasteiger partial charge on any atom is -0.507 e. The summed E-state index contributed by atoms with van der Waals surface area (Å²) in [5, 5.41) is 20.0. The van der Waals surface area contributed by atoms with Crippen molar-refractivity contribution in [2.75, 3.05) is 0 Å². The van der Waals surface area contributed by atoms with E-state index in [4.69, 9.17) is 4.98 Å². The molecule has 0 saturated carbocycles. The van der Waals surface area contributed by atoms with Crippen LogP contribution in [0.3, 0.4) is 0 Å². The van der Waals surface area contributed by atoms with E-state index in [-0.39, 0.29) is 11.3 Å². The van der Waals surface area contributed by atoms with Gasteiger partial charge in [0.05, 0.1) is 22.5 Å². The normalized spacial score (nSPS) is 10.8. The number of imidazole rings is 1. The molecule has 0 radical (unpaired) electrons. The molecular weight excluding hydrogens is 412 g/mol. The number of phenols is 1. The van der Waals surface area contributed by atoms with E-state index in [1.54, 1.807) is 36.4 Å². The van der Waals surface area contributed by atoms with Crippen LogP contribution in [0.2, 0.25) is 0 Å². The van der Waals surface area contributed by atoms with Gasteiger partial charge in [-0.15, -0.1) is 0 Å². The minimum absolute atomic E-state index is 0.116. The first-order valence-electron chi connectivity index (χ1n) is 10.5. The molecule has 1 aromatic heterocycles. The van der Waals surface area contributed by atoms with Crippen LogP contribution >= 0.6 is 0 Å². The largest absolute Gasteiger partial charge is 0.507 e. The molecule has 0 aliphatic heterocycles. The summed E-state index contributed by atoms with van der Waals surface area (Å²) in [7, 11) is 0. The molecule has 2 N–H and O–H groups in total. The Hall–Kier alpha value is -4.64. The number of para-hydroxylation sites is 1. The van der Waals surface area contributed by atoms with Crippen molar-refractivity contribution in [2.45, 2.75) is 0 Å². The molecule has 33 heavy (non-hydrogen) atoms. The third-order valence-corrected chi connectivity index (χ3v) is 5.49. The van der Waals surface area contributed by atoms with Crippen molar-refractivity contribution in [3.8, 4) is 45.3 Å². The van der Waals surface area contributed by atoms with Gasteiger partial charge < -0.3 is 10.2 Å².